The van der Waals surface area contributed by atoms with Crippen LogP contribution < -0.4 is 15.0 Å². The van der Waals surface area contributed by atoms with E-state index in [2.05, 4.69) is 5.32 Å². The van der Waals surface area contributed by atoms with Crippen LogP contribution in [0.1, 0.15) is 54.7 Å². The highest BCUT2D eigenvalue weighted by Crippen LogP contribution is 2.35. The Kier molecular flexibility index (Phi) is 4.94. The lowest BCUT2D eigenvalue weighted by molar-refractivity contribution is 0.0916. The van der Waals surface area contributed by atoms with Crippen molar-refractivity contribution in [2.24, 2.45) is 0 Å². The molecule has 2 heterocycles. The monoisotopic (exact) mass is 446 g/mol. The maximum Gasteiger partial charge on any atom is 0.266 e. The molecule has 1 N–H and O–H groups in total. The highest BCUT2D eigenvalue weighted by Gasteiger charge is 2.38. The van der Waals surface area contributed by atoms with Gasteiger partial charge in [0.1, 0.15) is 5.75 Å². The molecule has 1 atom stereocenters. The fourth-order valence-corrected chi connectivity index (χ4v) is 4.36. The van der Waals surface area contributed by atoms with Crippen molar-refractivity contribution in [3.63, 3.8) is 0 Å². The maximum absolute atomic E-state index is 13.0. The van der Waals surface area contributed by atoms with Crippen molar-refractivity contribution in [2.45, 2.75) is 19.4 Å². The molecule has 0 fully saturated rings. The predicted octanol–water partition coefficient (Wildman–Crippen LogP) is 4.70. The van der Waals surface area contributed by atoms with Crippen molar-refractivity contribution in [1.82, 2.24) is 5.32 Å². The molecule has 0 saturated carbocycles. The molecule has 0 aromatic heterocycles. The smallest absolute Gasteiger partial charge is 0.266 e. The van der Waals surface area contributed by atoms with Crippen LogP contribution in [0.3, 0.4) is 0 Å². The molecule has 0 spiro atoms. The highest BCUT2D eigenvalue weighted by atomic mass is 35.5. The number of anilines is 1. The van der Waals surface area contributed by atoms with Gasteiger partial charge in [-0.1, -0.05) is 41.4 Å². The van der Waals surface area contributed by atoms with E-state index < -0.39 is 11.8 Å². The number of nitrogens with one attached hydrogen (secondary N) is 1. The molecule has 2 aliphatic rings. The van der Waals surface area contributed by atoms with Crippen molar-refractivity contribution in [1.29, 1.82) is 0 Å². The minimum atomic E-state index is -0.500. The normalized spacial score (nSPS) is 16.9. The third-order valence-corrected chi connectivity index (χ3v) is 6.07. The molecule has 5 rings (SSSR count). The van der Waals surface area contributed by atoms with E-state index in [1.54, 1.807) is 30.3 Å². The number of halogens is 1. The summed E-state index contributed by atoms with van der Waals surface area (Å²) in [6, 6.07) is 16.9. The summed E-state index contributed by atoms with van der Waals surface area (Å²) in [5.41, 5.74) is 3.08. The Morgan fingerprint density at radius 1 is 1.03 bits per heavy atom. The van der Waals surface area contributed by atoms with Gasteiger partial charge in [0, 0.05) is 17.5 Å². The number of ether oxygens (including phenoxy) is 1. The Bertz CT molecular complexity index is 1290. The fourth-order valence-electron chi connectivity index (χ4n) is 4.14. The first-order valence-corrected chi connectivity index (χ1v) is 10.6. The summed E-state index contributed by atoms with van der Waals surface area (Å²) in [5, 5.41) is 3.34. The van der Waals surface area contributed by atoms with Gasteiger partial charge >= 0.3 is 0 Å². The van der Waals surface area contributed by atoms with Gasteiger partial charge in [0.25, 0.3) is 17.7 Å². The van der Waals surface area contributed by atoms with Gasteiger partial charge in [-0.3, -0.25) is 14.4 Å². The number of aryl methyl sites for hydroxylation is 1. The summed E-state index contributed by atoms with van der Waals surface area (Å²) in [4.78, 5) is 39.9. The first kappa shape index (κ1) is 20.3. The Morgan fingerprint density at radius 3 is 2.62 bits per heavy atom. The van der Waals surface area contributed by atoms with E-state index in [-0.39, 0.29) is 23.1 Å². The summed E-state index contributed by atoms with van der Waals surface area (Å²) in [6.45, 7) is 2.49. The van der Waals surface area contributed by atoms with Gasteiger partial charge in [-0.15, -0.1) is 0 Å². The second-order valence-electron chi connectivity index (χ2n) is 7.86. The third-order valence-electron chi connectivity index (χ3n) is 5.75. The van der Waals surface area contributed by atoms with Crippen molar-refractivity contribution >= 4 is 35.0 Å². The van der Waals surface area contributed by atoms with Crippen molar-refractivity contribution in [2.75, 3.05) is 11.5 Å². The molecule has 32 heavy (non-hydrogen) atoms. The quantitative estimate of drug-likeness (QED) is 0.591. The molecule has 160 valence electrons. The van der Waals surface area contributed by atoms with Crippen LogP contribution in [-0.2, 0) is 0 Å². The second-order valence-corrected chi connectivity index (χ2v) is 8.27. The zero-order valence-electron chi connectivity index (χ0n) is 17.2. The summed E-state index contributed by atoms with van der Waals surface area (Å²) in [6.07, 6.45) is 0.644. The molecular formula is C25H19ClN2O4. The van der Waals surface area contributed by atoms with Crippen LogP contribution in [0.5, 0.6) is 5.75 Å². The van der Waals surface area contributed by atoms with E-state index in [0.717, 1.165) is 21.8 Å². The number of fused-ring (bicyclic) bond motifs is 2. The topological polar surface area (TPSA) is 75.7 Å². The Morgan fingerprint density at radius 2 is 1.81 bits per heavy atom. The van der Waals surface area contributed by atoms with Crippen LogP contribution in [0.4, 0.5) is 5.69 Å². The van der Waals surface area contributed by atoms with Crippen molar-refractivity contribution in [3.8, 4) is 5.75 Å². The zero-order valence-corrected chi connectivity index (χ0v) is 18.0. The first-order chi connectivity index (χ1) is 15.4. The molecule has 0 saturated heterocycles. The van der Waals surface area contributed by atoms with Crippen LogP contribution in [0.25, 0.3) is 0 Å². The van der Waals surface area contributed by atoms with E-state index in [9.17, 15) is 14.4 Å². The second kappa shape index (κ2) is 7.80. The molecule has 3 aromatic rings. The number of imide groups is 1. The average Bonchev–Trinajstić information content (AvgIpc) is 3.04. The van der Waals surface area contributed by atoms with Gasteiger partial charge < -0.3 is 10.1 Å². The van der Waals surface area contributed by atoms with E-state index in [0.29, 0.717) is 29.3 Å². The van der Waals surface area contributed by atoms with Gasteiger partial charge in [-0.25, -0.2) is 4.90 Å². The number of hydrogen-bond acceptors (Lipinski definition) is 4. The average molecular weight is 447 g/mol. The third kappa shape index (κ3) is 3.33. The van der Waals surface area contributed by atoms with Crippen LogP contribution in [0, 0.1) is 6.92 Å². The summed E-state index contributed by atoms with van der Waals surface area (Å²) in [5.74, 6) is -0.514. The summed E-state index contributed by atoms with van der Waals surface area (Å²) >= 11 is 6.20. The number of carbonyl (C=O) groups is 3. The number of rotatable bonds is 3. The standard InChI is InChI=1S/C25H19ClN2O4/c1-14-6-9-22-18(12-14)20(10-11-32-22)27-23(29)15-7-8-16-17(13-15)25(31)28(24(16)30)21-5-3-2-4-19(21)26/h2-9,12-13,20H,10-11H2,1H3,(H,27,29). The number of hydrogen-bond donors (Lipinski definition) is 1. The van der Waals surface area contributed by atoms with E-state index in [4.69, 9.17) is 16.3 Å². The number of amides is 3. The van der Waals surface area contributed by atoms with Crippen molar-refractivity contribution < 1.29 is 19.1 Å². The van der Waals surface area contributed by atoms with Crippen LogP contribution in [0.2, 0.25) is 5.02 Å². The maximum atomic E-state index is 13.0. The molecule has 0 radical (unpaired) electrons. The van der Waals surface area contributed by atoms with E-state index in [1.165, 1.54) is 12.1 Å². The van der Waals surface area contributed by atoms with E-state index >= 15 is 0 Å². The SMILES string of the molecule is Cc1ccc2c(c1)C(NC(=O)c1ccc3c(c1)C(=O)N(c1ccccc1Cl)C3=O)CCO2. The van der Waals surface area contributed by atoms with Gasteiger partial charge in [-0.2, -0.15) is 0 Å². The molecule has 6 nitrogen and oxygen atoms in total. The number of carbonyl (C=O) groups excluding carboxylic acids is 3. The molecular weight excluding hydrogens is 428 g/mol. The lowest BCUT2D eigenvalue weighted by atomic mass is 9.98. The molecule has 3 amide bonds. The van der Waals surface area contributed by atoms with Gasteiger partial charge in [0.05, 0.1) is 34.5 Å². The first-order valence-electron chi connectivity index (χ1n) is 10.3. The number of para-hydroxylation sites is 1. The Hall–Kier alpha value is -3.64. The van der Waals surface area contributed by atoms with Crippen LogP contribution in [0.15, 0.2) is 60.7 Å². The van der Waals surface area contributed by atoms with Crippen LogP contribution in [-0.4, -0.2) is 24.3 Å². The fraction of sp³-hybridized carbons (Fsp3) is 0.160. The minimum absolute atomic E-state index is 0.186. The molecule has 0 aliphatic carbocycles. The molecule has 3 aromatic carbocycles. The summed E-state index contributed by atoms with van der Waals surface area (Å²) in [7, 11) is 0. The van der Waals surface area contributed by atoms with Crippen molar-refractivity contribution in [3.05, 3.63) is 93.5 Å². The molecule has 1 unspecified atom stereocenters. The van der Waals surface area contributed by atoms with E-state index in [1.807, 2.05) is 25.1 Å². The largest absolute Gasteiger partial charge is 0.493 e. The summed E-state index contributed by atoms with van der Waals surface area (Å²) < 4.78 is 5.70. The number of benzene rings is 3. The lowest BCUT2D eigenvalue weighted by Crippen LogP contribution is -2.32. The number of nitrogens with zero attached hydrogens (tertiary/aromatic N) is 1. The van der Waals surface area contributed by atoms with Gasteiger partial charge in [-0.05, 0) is 43.3 Å². The Balaban J connectivity index is 1.42. The van der Waals surface area contributed by atoms with Crippen LogP contribution >= 0.6 is 11.6 Å². The highest BCUT2D eigenvalue weighted by molar-refractivity contribution is 6.39. The molecule has 7 heteroatoms. The molecule has 0 bridgehead atoms. The van der Waals surface area contributed by atoms with Gasteiger partial charge in [0.2, 0.25) is 0 Å². The van der Waals surface area contributed by atoms with Gasteiger partial charge in [0.15, 0.2) is 0 Å². The minimum Gasteiger partial charge on any atom is -0.493 e. The predicted molar refractivity (Wildman–Crippen MR) is 121 cm³/mol. The Labute approximate surface area is 189 Å². The lowest BCUT2D eigenvalue weighted by Gasteiger charge is -2.27. The molecule has 2 aliphatic heterocycles. The zero-order chi connectivity index (χ0) is 22.4.